The maximum Gasteiger partial charge on any atom is 0.343 e. The molecule has 0 aromatic heterocycles. The van der Waals surface area contributed by atoms with Crippen LogP contribution in [0.5, 0.6) is 23.0 Å². The van der Waals surface area contributed by atoms with Crippen molar-refractivity contribution in [3.63, 3.8) is 0 Å². The molecule has 1 amide bonds. The molecule has 0 saturated carbocycles. The van der Waals surface area contributed by atoms with E-state index in [1.54, 1.807) is 54.6 Å². The predicted octanol–water partition coefficient (Wildman–Crippen LogP) is 5.63. The Morgan fingerprint density at radius 2 is 1.61 bits per heavy atom. The Labute approximate surface area is 218 Å². The molecule has 0 radical (unpaired) electrons. The highest BCUT2D eigenvalue weighted by Crippen LogP contribution is 2.29. The van der Waals surface area contributed by atoms with E-state index >= 15 is 0 Å². The van der Waals surface area contributed by atoms with Crippen molar-refractivity contribution in [2.45, 2.75) is 19.8 Å². The van der Waals surface area contributed by atoms with E-state index in [2.05, 4.69) is 33.4 Å². The van der Waals surface area contributed by atoms with Gasteiger partial charge in [0, 0.05) is 15.6 Å². The predicted molar refractivity (Wildman–Crippen MR) is 141 cm³/mol. The van der Waals surface area contributed by atoms with Crippen LogP contribution in [0.3, 0.4) is 0 Å². The highest BCUT2D eigenvalue weighted by molar-refractivity contribution is 9.10. The van der Waals surface area contributed by atoms with Gasteiger partial charge in [0.2, 0.25) is 0 Å². The van der Waals surface area contributed by atoms with Crippen LogP contribution in [-0.2, 0) is 0 Å². The van der Waals surface area contributed by atoms with Crippen molar-refractivity contribution in [2.24, 2.45) is 5.10 Å². The van der Waals surface area contributed by atoms with Crippen LogP contribution in [0.4, 0.5) is 0 Å². The number of rotatable bonds is 11. The molecular formula is C27H27BrN2O6. The Kier molecular flexibility index (Phi) is 9.88. The number of benzene rings is 3. The second-order valence-corrected chi connectivity index (χ2v) is 8.48. The summed E-state index contributed by atoms with van der Waals surface area (Å²) in [7, 11) is 3.00. The van der Waals surface area contributed by atoms with Gasteiger partial charge in [0.1, 0.15) is 11.5 Å². The fourth-order valence-corrected chi connectivity index (χ4v) is 3.48. The minimum Gasteiger partial charge on any atom is -0.494 e. The molecule has 8 nitrogen and oxygen atoms in total. The molecular weight excluding hydrogens is 528 g/mol. The second-order valence-electron chi connectivity index (χ2n) is 7.57. The van der Waals surface area contributed by atoms with E-state index in [1.807, 2.05) is 0 Å². The highest BCUT2D eigenvalue weighted by Gasteiger charge is 2.15. The number of carbonyl (C=O) groups is 2. The molecule has 0 unspecified atom stereocenters. The van der Waals surface area contributed by atoms with Crippen LogP contribution in [0.15, 0.2) is 70.2 Å². The van der Waals surface area contributed by atoms with Gasteiger partial charge in [0.05, 0.1) is 32.6 Å². The summed E-state index contributed by atoms with van der Waals surface area (Å²) in [6.07, 6.45) is 3.42. The molecule has 0 aliphatic carbocycles. The van der Waals surface area contributed by atoms with Crippen LogP contribution in [0.25, 0.3) is 0 Å². The standard InChI is InChI=1S/C27H27BrN2O6/c1-4-5-14-35-22-10-6-18(7-11-22)26(31)30-29-17-20-15-21(28)9-13-23(20)36-27(32)19-8-12-24(33-2)25(16-19)34-3/h6-13,15-17H,4-5,14H2,1-3H3,(H,30,31)/b29-17+. The van der Waals surface area contributed by atoms with Crippen LogP contribution < -0.4 is 24.4 Å². The first kappa shape index (κ1) is 26.7. The number of hydrogen-bond acceptors (Lipinski definition) is 7. The molecule has 0 heterocycles. The first-order chi connectivity index (χ1) is 17.4. The smallest absolute Gasteiger partial charge is 0.343 e. The zero-order chi connectivity index (χ0) is 25.9. The highest BCUT2D eigenvalue weighted by atomic mass is 79.9. The third-order valence-corrected chi connectivity index (χ3v) is 5.54. The van der Waals surface area contributed by atoms with E-state index in [-0.39, 0.29) is 17.2 Å². The molecule has 1 N–H and O–H groups in total. The minimum absolute atomic E-state index is 0.268. The number of nitrogens with one attached hydrogen (secondary N) is 1. The largest absolute Gasteiger partial charge is 0.494 e. The van der Waals surface area contributed by atoms with Crippen molar-refractivity contribution >= 4 is 34.0 Å². The fourth-order valence-electron chi connectivity index (χ4n) is 3.10. The van der Waals surface area contributed by atoms with Crippen molar-refractivity contribution in [3.8, 4) is 23.0 Å². The van der Waals surface area contributed by atoms with Gasteiger partial charge in [-0.15, -0.1) is 0 Å². The van der Waals surface area contributed by atoms with Gasteiger partial charge in [-0.05, 0) is 67.1 Å². The van der Waals surface area contributed by atoms with Crippen molar-refractivity contribution in [3.05, 3.63) is 81.8 Å². The zero-order valence-corrected chi connectivity index (χ0v) is 21.8. The lowest BCUT2D eigenvalue weighted by Crippen LogP contribution is -2.17. The third-order valence-electron chi connectivity index (χ3n) is 5.05. The lowest BCUT2D eigenvalue weighted by molar-refractivity contribution is 0.0733. The summed E-state index contributed by atoms with van der Waals surface area (Å²) in [5.74, 6) is 0.916. The van der Waals surface area contributed by atoms with Crippen LogP contribution in [-0.4, -0.2) is 38.9 Å². The third kappa shape index (κ3) is 7.32. The van der Waals surface area contributed by atoms with E-state index in [0.29, 0.717) is 35.0 Å². The first-order valence-electron chi connectivity index (χ1n) is 11.2. The van der Waals surface area contributed by atoms with E-state index in [4.69, 9.17) is 18.9 Å². The lowest BCUT2D eigenvalue weighted by atomic mass is 10.2. The summed E-state index contributed by atoms with van der Waals surface area (Å²) in [5.41, 5.74) is 3.69. The molecule has 0 bridgehead atoms. The van der Waals surface area contributed by atoms with Crippen molar-refractivity contribution in [1.82, 2.24) is 5.43 Å². The van der Waals surface area contributed by atoms with E-state index in [9.17, 15) is 9.59 Å². The lowest BCUT2D eigenvalue weighted by Gasteiger charge is -2.11. The van der Waals surface area contributed by atoms with E-state index in [0.717, 1.165) is 17.3 Å². The molecule has 0 fully saturated rings. The average molecular weight is 555 g/mol. The van der Waals surface area contributed by atoms with Crippen LogP contribution in [0.1, 0.15) is 46.0 Å². The summed E-state index contributed by atoms with van der Waals surface area (Å²) in [5, 5.41) is 4.03. The molecule has 3 aromatic carbocycles. The molecule has 0 saturated heterocycles. The number of ether oxygens (including phenoxy) is 4. The molecule has 0 spiro atoms. The normalized spacial score (nSPS) is 10.7. The van der Waals surface area contributed by atoms with E-state index < -0.39 is 5.97 Å². The molecule has 0 atom stereocenters. The van der Waals surface area contributed by atoms with Gasteiger partial charge < -0.3 is 18.9 Å². The van der Waals surface area contributed by atoms with Crippen molar-refractivity contribution in [1.29, 1.82) is 0 Å². The topological polar surface area (TPSA) is 95.5 Å². The molecule has 3 aromatic rings. The Morgan fingerprint density at radius 3 is 2.31 bits per heavy atom. The van der Waals surface area contributed by atoms with E-state index in [1.165, 1.54) is 26.5 Å². The van der Waals surface area contributed by atoms with Crippen molar-refractivity contribution < 1.29 is 28.5 Å². The first-order valence-corrected chi connectivity index (χ1v) is 12.0. The van der Waals surface area contributed by atoms with Gasteiger partial charge in [-0.1, -0.05) is 29.3 Å². The minimum atomic E-state index is -0.585. The quantitative estimate of drug-likeness (QED) is 0.108. The average Bonchev–Trinajstić information content (AvgIpc) is 2.90. The second kappa shape index (κ2) is 13.3. The summed E-state index contributed by atoms with van der Waals surface area (Å²) >= 11 is 3.40. The summed E-state index contributed by atoms with van der Waals surface area (Å²) in [4.78, 5) is 25.2. The summed E-state index contributed by atoms with van der Waals surface area (Å²) < 4.78 is 22.4. The fraction of sp³-hybridized carbons (Fsp3) is 0.222. The molecule has 188 valence electrons. The number of carbonyl (C=O) groups excluding carboxylic acids is 2. The number of hydrazone groups is 1. The number of esters is 1. The number of halogens is 1. The Morgan fingerprint density at radius 1 is 0.917 bits per heavy atom. The molecule has 9 heteroatoms. The van der Waals surface area contributed by atoms with Crippen LogP contribution in [0.2, 0.25) is 0 Å². The van der Waals surface area contributed by atoms with Crippen molar-refractivity contribution in [2.75, 3.05) is 20.8 Å². The SMILES string of the molecule is CCCCOc1ccc(C(=O)N/N=C/c2cc(Br)ccc2OC(=O)c2ccc(OC)c(OC)c2)cc1. The van der Waals surface area contributed by atoms with Gasteiger partial charge in [-0.3, -0.25) is 4.79 Å². The molecule has 36 heavy (non-hydrogen) atoms. The number of methoxy groups -OCH3 is 2. The zero-order valence-electron chi connectivity index (χ0n) is 20.2. The van der Waals surface area contributed by atoms with Gasteiger partial charge in [-0.2, -0.15) is 5.10 Å². The molecule has 3 rings (SSSR count). The maximum atomic E-state index is 12.7. The van der Waals surface area contributed by atoms with Gasteiger partial charge in [0.25, 0.3) is 5.91 Å². The Hall–Kier alpha value is -3.85. The Balaban J connectivity index is 1.67. The number of amides is 1. The molecule has 0 aliphatic rings. The number of unbranched alkanes of at least 4 members (excludes halogenated alkanes) is 1. The summed E-state index contributed by atoms with van der Waals surface area (Å²) in [6.45, 7) is 2.73. The number of nitrogens with zero attached hydrogens (tertiary/aromatic N) is 1. The molecule has 0 aliphatic heterocycles. The van der Waals surface area contributed by atoms with Crippen LogP contribution in [0, 0.1) is 0 Å². The Bertz CT molecular complexity index is 1230. The summed E-state index contributed by atoms with van der Waals surface area (Å²) in [6, 6.07) is 16.6. The van der Waals surface area contributed by atoms with Gasteiger partial charge >= 0.3 is 5.97 Å². The monoisotopic (exact) mass is 554 g/mol. The van der Waals surface area contributed by atoms with Crippen LogP contribution >= 0.6 is 15.9 Å². The number of hydrogen-bond donors (Lipinski definition) is 1. The van der Waals surface area contributed by atoms with Gasteiger partial charge in [-0.25, -0.2) is 10.2 Å². The maximum absolute atomic E-state index is 12.7. The van der Waals surface area contributed by atoms with Gasteiger partial charge in [0.15, 0.2) is 11.5 Å².